The van der Waals surface area contributed by atoms with Gasteiger partial charge in [-0.15, -0.1) is 0 Å². The molecule has 18 heavy (non-hydrogen) atoms. The summed E-state index contributed by atoms with van der Waals surface area (Å²) in [4.78, 5) is 12.2. The fourth-order valence-electron chi connectivity index (χ4n) is 2.39. The Kier molecular flexibility index (Phi) is 4.10. The van der Waals surface area contributed by atoms with Crippen molar-refractivity contribution in [3.8, 4) is 0 Å². The van der Waals surface area contributed by atoms with Crippen LogP contribution in [0, 0.1) is 0 Å². The van der Waals surface area contributed by atoms with Gasteiger partial charge in [0.1, 0.15) is 0 Å². The number of hydrogen-bond donors (Lipinski definition) is 1. The third-order valence-electron chi connectivity index (χ3n) is 3.53. The molecule has 2 rings (SSSR count). The van der Waals surface area contributed by atoms with Crippen LogP contribution in [0.1, 0.15) is 48.2 Å². The fourth-order valence-corrected chi connectivity index (χ4v) is 3.38. The first-order chi connectivity index (χ1) is 8.52. The second kappa shape index (κ2) is 5.43. The van der Waals surface area contributed by atoms with E-state index in [4.69, 9.17) is 0 Å². The third-order valence-corrected chi connectivity index (χ3v) is 3.93. The smallest absolute Gasteiger partial charge is 0.251 e. The van der Waals surface area contributed by atoms with Gasteiger partial charge in [-0.05, 0) is 62.8 Å². The molecule has 0 saturated carbocycles. The Balaban J connectivity index is 2.10. The first kappa shape index (κ1) is 13.6. The molecule has 0 unspecified atom stereocenters. The Labute approximate surface area is 117 Å². The lowest BCUT2D eigenvalue weighted by molar-refractivity contribution is 0.0912. The predicted octanol–water partition coefficient (Wildman–Crippen LogP) is 3.47. The molecule has 0 fully saturated rings. The number of alkyl halides is 1. The van der Waals surface area contributed by atoms with E-state index in [2.05, 4.69) is 47.2 Å². The molecule has 1 amide bonds. The summed E-state index contributed by atoms with van der Waals surface area (Å²) in [6.45, 7) is 4.11. The van der Waals surface area contributed by atoms with E-state index in [9.17, 15) is 4.79 Å². The Bertz CT molecular complexity index is 454. The minimum atomic E-state index is -0.167. The molecule has 0 atom stereocenters. The summed E-state index contributed by atoms with van der Waals surface area (Å²) in [6, 6.07) is 6.11. The number of amides is 1. The van der Waals surface area contributed by atoms with Crippen molar-refractivity contribution in [3.05, 3.63) is 34.9 Å². The molecule has 1 aliphatic rings. The second-order valence-corrected chi connectivity index (χ2v) is 6.41. The van der Waals surface area contributed by atoms with E-state index < -0.39 is 0 Å². The maximum atomic E-state index is 12.2. The van der Waals surface area contributed by atoms with Crippen LogP contribution < -0.4 is 5.32 Å². The van der Waals surface area contributed by atoms with Crippen LogP contribution in [0.3, 0.4) is 0 Å². The first-order valence-corrected chi connectivity index (χ1v) is 7.64. The maximum Gasteiger partial charge on any atom is 0.251 e. The molecule has 1 aromatic carbocycles. The average Bonchev–Trinajstić information content (AvgIpc) is 2.74. The van der Waals surface area contributed by atoms with Crippen molar-refractivity contribution in [1.82, 2.24) is 5.32 Å². The highest BCUT2D eigenvalue weighted by Gasteiger charge is 2.21. The highest BCUT2D eigenvalue weighted by Crippen LogP contribution is 2.23. The molecular weight excluding hydrogens is 290 g/mol. The predicted molar refractivity (Wildman–Crippen MR) is 78.4 cm³/mol. The van der Waals surface area contributed by atoms with Gasteiger partial charge in [0.15, 0.2) is 0 Å². The summed E-state index contributed by atoms with van der Waals surface area (Å²) in [5.74, 6) is 0.0376. The van der Waals surface area contributed by atoms with Gasteiger partial charge in [-0.25, -0.2) is 0 Å². The van der Waals surface area contributed by atoms with Crippen LogP contribution in [0.4, 0.5) is 0 Å². The summed E-state index contributed by atoms with van der Waals surface area (Å²) >= 11 is 3.42. The van der Waals surface area contributed by atoms with Crippen LogP contribution in [0.5, 0.6) is 0 Å². The zero-order valence-corrected chi connectivity index (χ0v) is 12.6. The van der Waals surface area contributed by atoms with Gasteiger partial charge in [0, 0.05) is 16.4 Å². The fraction of sp³-hybridized carbons (Fsp3) is 0.533. The van der Waals surface area contributed by atoms with Gasteiger partial charge >= 0.3 is 0 Å². The molecule has 1 N–H and O–H groups in total. The monoisotopic (exact) mass is 309 g/mol. The number of aryl methyl sites for hydroxylation is 2. The minimum absolute atomic E-state index is 0.0376. The van der Waals surface area contributed by atoms with Gasteiger partial charge < -0.3 is 5.32 Å². The maximum absolute atomic E-state index is 12.2. The Morgan fingerprint density at radius 2 is 2.06 bits per heavy atom. The Morgan fingerprint density at radius 1 is 1.33 bits per heavy atom. The molecule has 2 nitrogen and oxygen atoms in total. The van der Waals surface area contributed by atoms with Crippen molar-refractivity contribution in [2.75, 3.05) is 5.33 Å². The van der Waals surface area contributed by atoms with Crippen LogP contribution >= 0.6 is 15.9 Å². The van der Waals surface area contributed by atoms with Crippen molar-refractivity contribution in [2.45, 2.75) is 45.1 Å². The lowest BCUT2D eigenvalue weighted by atomic mass is 10.0. The van der Waals surface area contributed by atoms with Gasteiger partial charge in [-0.3, -0.25) is 4.79 Å². The van der Waals surface area contributed by atoms with E-state index in [-0.39, 0.29) is 11.4 Å². The molecule has 0 spiro atoms. The Hall–Kier alpha value is -0.830. The summed E-state index contributed by atoms with van der Waals surface area (Å²) in [6.07, 6.45) is 4.41. The number of carbonyl (C=O) groups excluding carboxylic acids is 1. The standard InChI is InChI=1S/C15H20BrNO/c1-15(2,8-9-16)17-14(18)13-7-6-11-4-3-5-12(11)10-13/h6-7,10H,3-5,8-9H2,1-2H3,(H,17,18). The van der Waals surface area contributed by atoms with E-state index in [1.807, 2.05) is 6.07 Å². The third kappa shape index (κ3) is 3.14. The largest absolute Gasteiger partial charge is 0.347 e. The minimum Gasteiger partial charge on any atom is -0.347 e. The number of rotatable bonds is 4. The lowest BCUT2D eigenvalue weighted by Gasteiger charge is -2.25. The highest BCUT2D eigenvalue weighted by molar-refractivity contribution is 9.09. The summed E-state index contributed by atoms with van der Waals surface area (Å²) in [7, 11) is 0. The van der Waals surface area contributed by atoms with Crippen molar-refractivity contribution in [1.29, 1.82) is 0 Å². The number of fused-ring (bicyclic) bond motifs is 1. The zero-order chi connectivity index (χ0) is 13.2. The van der Waals surface area contributed by atoms with Gasteiger partial charge in [0.25, 0.3) is 5.91 Å². The van der Waals surface area contributed by atoms with Crippen molar-refractivity contribution < 1.29 is 4.79 Å². The zero-order valence-electron chi connectivity index (χ0n) is 11.1. The SMILES string of the molecule is CC(C)(CCBr)NC(=O)c1ccc2c(c1)CCC2. The molecule has 98 valence electrons. The number of benzene rings is 1. The molecule has 0 saturated heterocycles. The number of halogens is 1. The molecule has 0 bridgehead atoms. The number of hydrogen-bond acceptors (Lipinski definition) is 1. The molecule has 3 heteroatoms. The van der Waals surface area contributed by atoms with Crippen LogP contribution in [0.15, 0.2) is 18.2 Å². The van der Waals surface area contributed by atoms with Crippen molar-refractivity contribution >= 4 is 21.8 Å². The van der Waals surface area contributed by atoms with E-state index in [1.54, 1.807) is 0 Å². The molecule has 1 aromatic rings. The summed E-state index contributed by atoms with van der Waals surface area (Å²) in [5.41, 5.74) is 3.38. The average molecular weight is 310 g/mol. The second-order valence-electron chi connectivity index (χ2n) is 5.61. The molecule has 1 aliphatic carbocycles. The van der Waals surface area contributed by atoms with Crippen LogP contribution in [0.25, 0.3) is 0 Å². The Morgan fingerprint density at radius 3 is 2.78 bits per heavy atom. The van der Waals surface area contributed by atoms with Gasteiger partial charge in [0.2, 0.25) is 0 Å². The quantitative estimate of drug-likeness (QED) is 0.848. The molecule has 0 aromatic heterocycles. The molecular formula is C15H20BrNO. The number of nitrogens with one attached hydrogen (secondary N) is 1. The lowest BCUT2D eigenvalue weighted by Crippen LogP contribution is -2.43. The van der Waals surface area contributed by atoms with E-state index >= 15 is 0 Å². The molecule has 0 radical (unpaired) electrons. The summed E-state index contributed by atoms with van der Waals surface area (Å²) < 4.78 is 0. The van der Waals surface area contributed by atoms with E-state index in [0.717, 1.165) is 30.2 Å². The van der Waals surface area contributed by atoms with Gasteiger partial charge in [-0.1, -0.05) is 22.0 Å². The van der Waals surface area contributed by atoms with Gasteiger partial charge in [-0.2, -0.15) is 0 Å². The van der Waals surface area contributed by atoms with Crippen LogP contribution in [-0.2, 0) is 12.8 Å². The molecule has 0 aliphatic heterocycles. The van der Waals surface area contributed by atoms with Crippen molar-refractivity contribution in [2.24, 2.45) is 0 Å². The van der Waals surface area contributed by atoms with Gasteiger partial charge in [0.05, 0.1) is 0 Å². The normalized spacial score (nSPS) is 14.4. The van der Waals surface area contributed by atoms with E-state index in [1.165, 1.54) is 17.5 Å². The topological polar surface area (TPSA) is 29.1 Å². The van der Waals surface area contributed by atoms with Crippen LogP contribution in [-0.4, -0.2) is 16.8 Å². The van der Waals surface area contributed by atoms with E-state index in [0.29, 0.717) is 0 Å². The van der Waals surface area contributed by atoms with Crippen LogP contribution in [0.2, 0.25) is 0 Å². The first-order valence-electron chi connectivity index (χ1n) is 6.52. The highest BCUT2D eigenvalue weighted by atomic mass is 79.9. The van der Waals surface area contributed by atoms with Crippen molar-refractivity contribution in [3.63, 3.8) is 0 Å². The summed E-state index contributed by atoms with van der Waals surface area (Å²) in [5, 5.41) is 3.99. The number of carbonyl (C=O) groups is 1. The molecule has 0 heterocycles.